The van der Waals surface area contributed by atoms with E-state index in [9.17, 15) is 51.4 Å². The summed E-state index contributed by atoms with van der Waals surface area (Å²) < 4.78 is 70.7. The molecule has 10 rings (SSSR count). The topological polar surface area (TPSA) is 293 Å². The summed E-state index contributed by atoms with van der Waals surface area (Å²) in [4.78, 5) is 63.7. The van der Waals surface area contributed by atoms with Crippen LogP contribution in [0.4, 0.5) is 22.7 Å². The van der Waals surface area contributed by atoms with Crippen molar-refractivity contribution in [2.24, 2.45) is 10.8 Å². The Labute approximate surface area is 506 Å². The lowest BCUT2D eigenvalue weighted by Crippen LogP contribution is -2.49. The minimum atomic E-state index is -3.80. The quantitative estimate of drug-likeness (QED) is 0.0353. The fraction of sp³-hybridized carbons (Fsp3) is 0.431. The average Bonchev–Trinajstić information content (AvgIpc) is 1.94. The predicted octanol–water partition coefficient (Wildman–Crippen LogP) is 7.31. The van der Waals surface area contributed by atoms with Crippen LogP contribution >= 0.6 is 23.2 Å². The lowest BCUT2D eigenvalue weighted by atomic mass is 10.1. The number of aldehydes is 1. The van der Waals surface area contributed by atoms with Crippen LogP contribution in [0.15, 0.2) is 107 Å². The van der Waals surface area contributed by atoms with Gasteiger partial charge in [-0.25, -0.2) is 16.8 Å². The molecule has 1 N–H and O–H groups in total. The molecule has 4 aliphatic rings. The number of carbonyl (C=O) groups is 1. The van der Waals surface area contributed by atoms with Crippen LogP contribution in [-0.2, 0) is 49.2 Å². The van der Waals surface area contributed by atoms with Crippen molar-refractivity contribution in [3.63, 3.8) is 0 Å². The Morgan fingerprint density at radius 2 is 1.02 bits per heavy atom. The van der Waals surface area contributed by atoms with Crippen LogP contribution in [0.2, 0.25) is 10.0 Å². The summed E-state index contributed by atoms with van der Waals surface area (Å²) >= 11 is 12.3. The van der Waals surface area contributed by atoms with Crippen molar-refractivity contribution < 1.29 is 46.1 Å². The number of nitro groups is 2. The molecule has 2 saturated carbocycles. The number of ether oxygens (including phenoxy) is 2. The number of hydrogen-bond acceptors (Lipinski definition) is 18. The lowest BCUT2D eigenvalue weighted by Gasteiger charge is -2.35. The molecule has 0 unspecified atom stereocenters. The highest BCUT2D eigenvalue weighted by Crippen LogP contribution is 2.46. The molecule has 2 saturated heterocycles. The summed E-state index contributed by atoms with van der Waals surface area (Å²) in [7, 11) is -7.58. The van der Waals surface area contributed by atoms with Crippen LogP contribution < -0.4 is 30.4 Å². The Kier molecular flexibility index (Phi) is 19.6. The second-order valence-electron chi connectivity index (χ2n) is 22.6. The maximum Gasteiger partial charge on any atom is 0.316 e. The number of aliphatic hydroxyl groups is 1. The average molecular weight is 1260 g/mol. The molecule has 86 heavy (non-hydrogen) atoms. The molecule has 24 nitrogen and oxygen atoms in total. The molecule has 0 radical (unpaired) electrons. The lowest BCUT2D eigenvalue weighted by molar-refractivity contribution is -0.385. The van der Waals surface area contributed by atoms with Crippen LogP contribution in [0.3, 0.4) is 0 Å². The first-order chi connectivity index (χ1) is 41.0. The van der Waals surface area contributed by atoms with E-state index in [1.165, 1.54) is 36.2 Å². The third-order valence-electron chi connectivity index (χ3n) is 15.7. The third kappa shape index (κ3) is 15.4. The van der Waals surface area contributed by atoms with Crippen molar-refractivity contribution in [3.8, 4) is 22.9 Å². The smallest absolute Gasteiger partial charge is 0.316 e. The number of anilines is 2. The van der Waals surface area contributed by atoms with E-state index in [1.54, 1.807) is 79.1 Å². The van der Waals surface area contributed by atoms with E-state index in [2.05, 4.69) is 24.0 Å². The van der Waals surface area contributed by atoms with Crippen molar-refractivity contribution in [1.82, 2.24) is 28.2 Å². The number of carbonyl (C=O) groups excluding carboxylic acids is 1. The second-order valence-corrected chi connectivity index (χ2v) is 27.4. The number of nitro benzene ring substituents is 2. The molecular formula is C58H66Cl2N10O14S2. The van der Waals surface area contributed by atoms with Gasteiger partial charge in [-0.1, -0.05) is 73.4 Å². The highest BCUT2D eigenvalue weighted by molar-refractivity contribution is 7.88. The molecule has 4 heterocycles. The van der Waals surface area contributed by atoms with E-state index in [-0.39, 0.29) is 85.1 Å². The molecule has 2 aromatic heterocycles. The summed E-state index contributed by atoms with van der Waals surface area (Å²) in [5, 5.41) is 41.9. The predicted molar refractivity (Wildman–Crippen MR) is 324 cm³/mol. The van der Waals surface area contributed by atoms with E-state index < -0.39 is 46.8 Å². The third-order valence-corrected chi connectivity index (χ3v) is 19.9. The van der Waals surface area contributed by atoms with Gasteiger partial charge in [-0.15, -0.1) is 0 Å². The largest absolute Gasteiger partial charge is 0.486 e. The molecule has 2 aliphatic carbocycles. The van der Waals surface area contributed by atoms with Gasteiger partial charge in [-0.2, -0.15) is 28.2 Å². The van der Waals surface area contributed by atoms with E-state index in [1.807, 2.05) is 9.80 Å². The van der Waals surface area contributed by atoms with Crippen molar-refractivity contribution in [2.75, 3.05) is 82.0 Å². The van der Waals surface area contributed by atoms with Gasteiger partial charge in [0.25, 0.3) is 11.4 Å². The summed E-state index contributed by atoms with van der Waals surface area (Å²) in [5.41, 5.74) is 2.26. The number of rotatable bonds is 24. The normalized spacial score (nSPS) is 16.6. The molecule has 458 valence electrons. The number of nitrogens with zero attached hydrogens (tertiary/aromatic N) is 10. The summed E-state index contributed by atoms with van der Waals surface area (Å²) in [6, 6.07) is 22.4. The number of aliphatic hydroxyl groups excluding tert-OH is 1. The van der Waals surface area contributed by atoms with E-state index >= 15 is 0 Å². The number of benzene rings is 4. The molecule has 0 spiro atoms. The van der Waals surface area contributed by atoms with Gasteiger partial charge >= 0.3 is 11.1 Å². The first kappa shape index (κ1) is 63.2. The summed E-state index contributed by atoms with van der Waals surface area (Å²) in [6.07, 6.45) is 8.90. The SMILES string of the molecule is CC1(COc2c(N3CCN(S(=O)(=O)Cc4ccc(CCC=O)c([N+](=O)[O-])c4)CC3)cnn(-c3cccc(Cl)c3)c2=O)CC1.CC1(COc2c(N3CCN(S(=O)(=O)Cc4ccc(CCCO)c([N+](=O)[O-])c4)CC3)cnn(-c3cccc(Cl)c3)c2=O)CC1. The summed E-state index contributed by atoms with van der Waals surface area (Å²) in [6.45, 7) is 6.67. The van der Waals surface area contributed by atoms with Gasteiger partial charge in [0.05, 0.1) is 58.3 Å². The number of piperazine rings is 2. The second kappa shape index (κ2) is 26.7. The van der Waals surface area contributed by atoms with Crippen molar-refractivity contribution >= 4 is 72.3 Å². The molecule has 4 aromatic carbocycles. The monoisotopic (exact) mass is 1260 g/mol. The Morgan fingerprint density at radius 1 is 0.616 bits per heavy atom. The van der Waals surface area contributed by atoms with Crippen LogP contribution in [0.1, 0.15) is 74.6 Å². The Hall–Kier alpha value is -7.33. The maximum absolute atomic E-state index is 13.6. The van der Waals surface area contributed by atoms with Gasteiger partial charge < -0.3 is 29.2 Å². The molecular weight excluding hydrogens is 1200 g/mol. The van der Waals surface area contributed by atoms with Crippen LogP contribution in [0.25, 0.3) is 11.4 Å². The first-order valence-corrected chi connectivity index (χ1v) is 32.0. The minimum absolute atomic E-state index is 0.0163. The van der Waals surface area contributed by atoms with Gasteiger partial charge in [0.1, 0.15) is 17.7 Å². The Balaban J connectivity index is 0.000000205. The van der Waals surface area contributed by atoms with E-state index in [4.69, 9.17) is 37.8 Å². The highest BCUT2D eigenvalue weighted by Gasteiger charge is 2.41. The van der Waals surface area contributed by atoms with Gasteiger partial charge in [0.2, 0.25) is 31.5 Å². The number of sulfonamides is 2. The fourth-order valence-corrected chi connectivity index (χ4v) is 13.4. The molecule has 2 aliphatic heterocycles. The molecule has 0 bridgehead atoms. The highest BCUT2D eigenvalue weighted by atomic mass is 35.5. The number of aryl methyl sites for hydroxylation is 2. The molecule has 0 amide bonds. The zero-order valence-corrected chi connectivity index (χ0v) is 50.6. The standard InChI is InChI=1S/C29H34ClN5O7S.C29H32ClN5O7S/c2*1-29(9-10-29)20-42-27-26(18-31-34(28(27)37)24-6-2-5-23(30)17-24)32-11-13-33(14-12-32)43(40,41)19-21-7-8-22(4-3-15-36)25(16-21)35(38)39/h2,5-8,16-18,36H,3-4,9-15,19-20H2,1H3;2,5-8,15-18H,3-4,9-14,19-20H2,1H3. The van der Waals surface area contributed by atoms with Crippen molar-refractivity contribution in [1.29, 1.82) is 0 Å². The molecule has 28 heteroatoms. The van der Waals surface area contributed by atoms with Gasteiger partial charge in [-0.3, -0.25) is 29.8 Å². The number of hydrogen-bond donors (Lipinski definition) is 1. The zero-order chi connectivity index (χ0) is 61.6. The molecule has 4 fully saturated rings. The Bertz CT molecular complexity index is 3860. The minimum Gasteiger partial charge on any atom is -0.486 e. The van der Waals surface area contributed by atoms with E-state index in [0.29, 0.717) is 114 Å². The van der Waals surface area contributed by atoms with Crippen LogP contribution in [0.5, 0.6) is 11.5 Å². The Morgan fingerprint density at radius 3 is 1.38 bits per heavy atom. The fourth-order valence-electron chi connectivity index (χ4n) is 10.0. The maximum atomic E-state index is 13.6. The van der Waals surface area contributed by atoms with Crippen molar-refractivity contribution in [3.05, 3.63) is 171 Å². The van der Waals surface area contributed by atoms with Crippen LogP contribution in [-0.4, -0.2) is 138 Å². The summed E-state index contributed by atoms with van der Waals surface area (Å²) in [5.74, 6) is -0.459. The number of halogens is 2. The zero-order valence-electron chi connectivity index (χ0n) is 47.5. The van der Waals surface area contributed by atoms with Crippen LogP contribution in [0, 0.1) is 31.1 Å². The first-order valence-electron chi connectivity index (χ1n) is 28.0. The molecule has 6 aromatic rings. The number of aromatic nitrogens is 4. The van der Waals surface area contributed by atoms with Gasteiger partial charge in [0, 0.05) is 110 Å². The van der Waals surface area contributed by atoms with Gasteiger partial charge in [0.15, 0.2) is 0 Å². The van der Waals surface area contributed by atoms with Crippen molar-refractivity contribution in [2.45, 2.75) is 76.7 Å². The van der Waals surface area contributed by atoms with Gasteiger partial charge in [-0.05, 0) is 92.5 Å². The van der Waals surface area contributed by atoms with E-state index in [0.717, 1.165) is 25.7 Å². The molecule has 0 atom stereocenters.